The maximum atomic E-state index is 10.8. The number of para-hydroxylation sites is 2. The van der Waals surface area contributed by atoms with Crippen molar-refractivity contribution in [3.63, 3.8) is 0 Å². The number of aryl methyl sites for hydroxylation is 1. The summed E-state index contributed by atoms with van der Waals surface area (Å²) in [6.07, 6.45) is 0.997. The molecule has 0 bridgehead atoms. The fourth-order valence-corrected chi connectivity index (χ4v) is 3.90. The Hall–Kier alpha value is -3.39. The van der Waals surface area contributed by atoms with Crippen molar-refractivity contribution < 1.29 is 19.0 Å². The molecule has 0 amide bonds. The first-order valence-electron chi connectivity index (χ1n) is 12.2. The molecule has 0 fully saturated rings. The molecule has 2 heterocycles. The van der Waals surface area contributed by atoms with Gasteiger partial charge in [-0.1, -0.05) is 36.4 Å². The summed E-state index contributed by atoms with van der Waals surface area (Å²) in [5.74, 6) is 2.19. The van der Waals surface area contributed by atoms with Gasteiger partial charge in [0, 0.05) is 13.1 Å². The molecule has 0 saturated carbocycles. The monoisotopic (exact) mass is 489 g/mol. The topological polar surface area (TPSA) is 72.9 Å². The van der Waals surface area contributed by atoms with Gasteiger partial charge in [-0.25, -0.2) is 4.68 Å². The molecule has 0 aliphatic rings. The van der Waals surface area contributed by atoms with Crippen molar-refractivity contribution in [2.75, 3.05) is 13.2 Å². The molecule has 7 heteroatoms. The van der Waals surface area contributed by atoms with E-state index >= 15 is 0 Å². The van der Waals surface area contributed by atoms with Gasteiger partial charge in [0.25, 0.3) is 0 Å². The van der Waals surface area contributed by atoms with Crippen LogP contribution in [0.25, 0.3) is 5.69 Å². The lowest BCUT2D eigenvalue weighted by atomic mass is 10.2. The summed E-state index contributed by atoms with van der Waals surface area (Å²) in [5.41, 5.74) is 2.39. The number of furan rings is 1. The van der Waals surface area contributed by atoms with E-state index in [1.165, 1.54) is 0 Å². The van der Waals surface area contributed by atoms with Gasteiger partial charge in [0.05, 0.1) is 48.1 Å². The van der Waals surface area contributed by atoms with Gasteiger partial charge in [0.15, 0.2) is 0 Å². The van der Waals surface area contributed by atoms with Crippen molar-refractivity contribution in [2.45, 2.75) is 52.5 Å². The van der Waals surface area contributed by atoms with E-state index in [0.29, 0.717) is 25.5 Å². The molecule has 36 heavy (non-hydrogen) atoms. The van der Waals surface area contributed by atoms with Gasteiger partial charge >= 0.3 is 0 Å². The summed E-state index contributed by atoms with van der Waals surface area (Å²) in [6.45, 7) is 9.61. The van der Waals surface area contributed by atoms with Gasteiger partial charge in [0.2, 0.25) is 5.88 Å². The summed E-state index contributed by atoms with van der Waals surface area (Å²) in [7, 11) is 0. The summed E-state index contributed by atoms with van der Waals surface area (Å²) in [6, 6.07) is 23.4. The third-order valence-electron chi connectivity index (χ3n) is 5.61. The maximum Gasteiger partial charge on any atom is 0.227 e. The minimum absolute atomic E-state index is 0.244. The third-order valence-corrected chi connectivity index (χ3v) is 5.61. The molecule has 4 rings (SSSR count). The molecule has 0 aliphatic carbocycles. The van der Waals surface area contributed by atoms with E-state index in [4.69, 9.17) is 19.0 Å². The van der Waals surface area contributed by atoms with E-state index in [2.05, 4.69) is 4.90 Å². The number of benzene rings is 2. The van der Waals surface area contributed by atoms with Gasteiger partial charge < -0.3 is 19.0 Å². The number of ether oxygens (including phenoxy) is 2. The zero-order valence-corrected chi connectivity index (χ0v) is 21.4. The molecule has 1 N–H and O–H groups in total. The Labute approximate surface area is 212 Å². The largest absolute Gasteiger partial charge is 0.468 e. The number of rotatable bonds is 11. The first-order chi connectivity index (χ1) is 17.3. The van der Waals surface area contributed by atoms with Crippen molar-refractivity contribution in [1.29, 1.82) is 0 Å². The van der Waals surface area contributed by atoms with Crippen LogP contribution in [-0.4, -0.2) is 44.6 Å². The highest BCUT2D eigenvalue weighted by atomic mass is 16.5. The van der Waals surface area contributed by atoms with Gasteiger partial charge in [-0.15, -0.1) is 0 Å². The second kappa shape index (κ2) is 11.6. The molecule has 1 atom stereocenters. The molecule has 0 spiro atoms. The fourth-order valence-electron chi connectivity index (χ4n) is 3.90. The highest BCUT2D eigenvalue weighted by Crippen LogP contribution is 2.32. The fraction of sp³-hybridized carbons (Fsp3) is 0.345. The molecule has 0 aliphatic heterocycles. The number of aromatic nitrogens is 2. The van der Waals surface area contributed by atoms with Gasteiger partial charge in [0.1, 0.15) is 11.5 Å². The number of aliphatic hydroxyl groups is 1. The quantitative estimate of drug-likeness (QED) is 0.289. The lowest BCUT2D eigenvalue weighted by Gasteiger charge is -2.27. The molecule has 0 saturated heterocycles. The number of hydrogen-bond donors (Lipinski definition) is 1. The molecule has 2 aromatic heterocycles. The van der Waals surface area contributed by atoms with E-state index in [1.54, 1.807) is 6.26 Å². The van der Waals surface area contributed by atoms with Crippen LogP contribution in [0.1, 0.15) is 37.8 Å². The second-order valence-corrected chi connectivity index (χ2v) is 9.86. The molecule has 0 unspecified atom stereocenters. The standard InChI is InChI=1S/C29H35N3O4/c1-22-27(20-31(19-26-16-11-17-34-26)18-24(33)21-35-29(2,3)4)28(36-25-14-9-6-10-15-25)32(30-22)23-12-7-5-8-13-23/h5-17,24,33H,18-21H2,1-4H3/t24-/m0/s1. The van der Waals surface area contributed by atoms with Crippen LogP contribution in [0.15, 0.2) is 83.5 Å². The first-order valence-corrected chi connectivity index (χ1v) is 12.2. The molecule has 4 aromatic rings. The highest BCUT2D eigenvalue weighted by Gasteiger charge is 2.24. The van der Waals surface area contributed by atoms with Crippen LogP contribution in [0.3, 0.4) is 0 Å². The first kappa shape index (κ1) is 25.7. The van der Waals surface area contributed by atoms with Gasteiger partial charge in [-0.05, 0) is 64.1 Å². The Morgan fingerprint density at radius 2 is 1.67 bits per heavy atom. The van der Waals surface area contributed by atoms with Gasteiger partial charge in [-0.2, -0.15) is 5.10 Å². The van der Waals surface area contributed by atoms with Crippen molar-refractivity contribution in [2.24, 2.45) is 0 Å². The summed E-state index contributed by atoms with van der Waals surface area (Å²) in [4.78, 5) is 2.13. The zero-order valence-electron chi connectivity index (χ0n) is 21.4. The van der Waals surface area contributed by atoms with Crippen LogP contribution in [0, 0.1) is 6.92 Å². The van der Waals surface area contributed by atoms with E-state index in [1.807, 2.05) is 105 Å². The van der Waals surface area contributed by atoms with Crippen molar-refractivity contribution in [3.05, 3.63) is 96.1 Å². The average molecular weight is 490 g/mol. The van der Waals surface area contributed by atoms with E-state index in [9.17, 15) is 5.11 Å². The van der Waals surface area contributed by atoms with E-state index in [-0.39, 0.29) is 12.2 Å². The zero-order chi connectivity index (χ0) is 25.5. The van der Waals surface area contributed by atoms with E-state index < -0.39 is 6.10 Å². The predicted molar refractivity (Wildman–Crippen MR) is 139 cm³/mol. The molecule has 0 radical (unpaired) electrons. The Bertz CT molecular complexity index is 1200. The summed E-state index contributed by atoms with van der Waals surface area (Å²) in [5, 5.41) is 15.6. The normalized spacial score (nSPS) is 12.7. The molecule has 190 valence electrons. The summed E-state index contributed by atoms with van der Waals surface area (Å²) >= 11 is 0. The minimum atomic E-state index is -0.665. The lowest BCUT2D eigenvalue weighted by Crippen LogP contribution is -2.36. The third kappa shape index (κ3) is 7.07. The predicted octanol–water partition coefficient (Wildman–Crippen LogP) is 5.74. The van der Waals surface area contributed by atoms with Crippen molar-refractivity contribution in [1.82, 2.24) is 14.7 Å². The molecule has 7 nitrogen and oxygen atoms in total. The SMILES string of the molecule is Cc1nn(-c2ccccc2)c(Oc2ccccc2)c1CN(Cc1ccco1)C[C@H](O)COC(C)(C)C. The highest BCUT2D eigenvalue weighted by molar-refractivity contribution is 5.43. The van der Waals surface area contributed by atoms with Crippen molar-refractivity contribution in [3.8, 4) is 17.3 Å². The van der Waals surface area contributed by atoms with Crippen LogP contribution in [0.2, 0.25) is 0 Å². The minimum Gasteiger partial charge on any atom is -0.468 e. The Morgan fingerprint density at radius 3 is 2.31 bits per heavy atom. The summed E-state index contributed by atoms with van der Waals surface area (Å²) < 4.78 is 19.7. The number of hydrogen-bond acceptors (Lipinski definition) is 6. The lowest BCUT2D eigenvalue weighted by molar-refractivity contribution is -0.0576. The van der Waals surface area contributed by atoms with Crippen LogP contribution in [0.4, 0.5) is 0 Å². The van der Waals surface area contributed by atoms with Crippen LogP contribution < -0.4 is 4.74 Å². The maximum absolute atomic E-state index is 10.8. The second-order valence-electron chi connectivity index (χ2n) is 9.86. The molecule has 2 aromatic carbocycles. The molecular formula is C29H35N3O4. The Kier molecular flexibility index (Phi) is 8.25. The van der Waals surface area contributed by atoms with E-state index in [0.717, 1.165) is 28.5 Å². The van der Waals surface area contributed by atoms with Crippen LogP contribution in [0.5, 0.6) is 11.6 Å². The van der Waals surface area contributed by atoms with Crippen LogP contribution in [-0.2, 0) is 17.8 Å². The smallest absolute Gasteiger partial charge is 0.227 e. The number of aliphatic hydroxyl groups excluding tert-OH is 1. The average Bonchev–Trinajstić information content (AvgIpc) is 3.47. The Morgan fingerprint density at radius 1 is 0.972 bits per heavy atom. The number of nitrogens with zero attached hydrogens (tertiary/aromatic N) is 3. The van der Waals surface area contributed by atoms with Crippen LogP contribution >= 0.6 is 0 Å². The van der Waals surface area contributed by atoms with Crippen molar-refractivity contribution >= 4 is 0 Å². The van der Waals surface area contributed by atoms with Gasteiger partial charge in [-0.3, -0.25) is 4.90 Å². The Balaban J connectivity index is 1.65. The molecular weight excluding hydrogens is 454 g/mol.